The maximum atomic E-state index is 12.5. The zero-order valence-electron chi connectivity index (χ0n) is 12.7. The predicted octanol–water partition coefficient (Wildman–Crippen LogP) is 6.52. The van der Waals surface area contributed by atoms with Crippen LogP contribution in [0.3, 0.4) is 0 Å². The highest BCUT2D eigenvalue weighted by Gasteiger charge is 2.11. The molecule has 3 aromatic rings. The highest BCUT2D eigenvalue weighted by atomic mass is 35.5. The lowest BCUT2D eigenvalue weighted by Gasteiger charge is -2.05. The molecule has 0 saturated heterocycles. The maximum Gasteiger partial charge on any atom is 0.193 e. The minimum atomic E-state index is -0.0619. The van der Waals surface area contributed by atoms with E-state index < -0.39 is 0 Å². The minimum absolute atomic E-state index is 0.0619. The lowest BCUT2D eigenvalue weighted by molar-refractivity contribution is 0.103. The van der Waals surface area contributed by atoms with Crippen LogP contribution in [-0.2, 0) is 5.75 Å². The highest BCUT2D eigenvalue weighted by molar-refractivity contribution is 7.98. The van der Waals surface area contributed by atoms with Crippen molar-refractivity contribution in [3.8, 4) is 0 Å². The summed E-state index contributed by atoms with van der Waals surface area (Å²) >= 11 is 13.6. The van der Waals surface area contributed by atoms with Crippen molar-refractivity contribution in [3.05, 3.63) is 99.5 Å². The van der Waals surface area contributed by atoms with Gasteiger partial charge in [0.25, 0.3) is 0 Å². The normalized spacial score (nSPS) is 10.6. The van der Waals surface area contributed by atoms with E-state index in [0.717, 1.165) is 10.6 Å². The molecule has 0 saturated carbocycles. The summed E-state index contributed by atoms with van der Waals surface area (Å²) in [6.45, 7) is 0. The Kier molecular flexibility index (Phi) is 5.62. The molecule has 3 rings (SSSR count). The molecule has 0 bridgehead atoms. The van der Waals surface area contributed by atoms with Crippen molar-refractivity contribution in [1.82, 2.24) is 0 Å². The van der Waals surface area contributed by atoms with Crippen molar-refractivity contribution < 1.29 is 4.79 Å². The fourth-order valence-corrected chi connectivity index (χ4v) is 3.40. The van der Waals surface area contributed by atoms with Gasteiger partial charge < -0.3 is 0 Å². The molecule has 4 heteroatoms. The molecule has 0 aliphatic rings. The van der Waals surface area contributed by atoms with E-state index in [9.17, 15) is 4.79 Å². The third-order valence-electron chi connectivity index (χ3n) is 3.55. The molecule has 0 N–H and O–H groups in total. The van der Waals surface area contributed by atoms with Crippen LogP contribution in [0.1, 0.15) is 21.5 Å². The van der Waals surface area contributed by atoms with Gasteiger partial charge in [0, 0.05) is 21.8 Å². The summed E-state index contributed by atoms with van der Waals surface area (Å²) in [6.07, 6.45) is 0. The lowest BCUT2D eigenvalue weighted by atomic mass is 10.0. The summed E-state index contributed by atoms with van der Waals surface area (Å²) < 4.78 is 0. The Morgan fingerprint density at radius 3 is 2.12 bits per heavy atom. The van der Waals surface area contributed by atoms with Crippen LogP contribution >= 0.6 is 35.0 Å². The molecule has 0 heterocycles. The largest absolute Gasteiger partial charge is 0.289 e. The number of benzene rings is 3. The van der Waals surface area contributed by atoms with E-state index in [-0.39, 0.29) is 5.78 Å². The maximum absolute atomic E-state index is 12.5. The van der Waals surface area contributed by atoms with Gasteiger partial charge in [0.2, 0.25) is 0 Å². The van der Waals surface area contributed by atoms with Gasteiger partial charge in [-0.25, -0.2) is 0 Å². The number of ketones is 1. The number of carbonyl (C=O) groups excluding carboxylic acids is 1. The standard InChI is InChI=1S/C20H14Cl2OS/c21-18-11-8-16(12-19(18)22)20(23)15-6-9-17(10-7-15)24-13-14-4-2-1-3-5-14/h1-12H,13H2. The van der Waals surface area contributed by atoms with E-state index in [2.05, 4.69) is 12.1 Å². The fourth-order valence-electron chi connectivity index (χ4n) is 2.25. The number of hydrogen-bond acceptors (Lipinski definition) is 2. The Labute approximate surface area is 155 Å². The molecule has 24 heavy (non-hydrogen) atoms. The van der Waals surface area contributed by atoms with Gasteiger partial charge in [-0.1, -0.05) is 53.5 Å². The third kappa shape index (κ3) is 4.21. The van der Waals surface area contributed by atoms with Gasteiger partial charge in [0.05, 0.1) is 10.0 Å². The number of hydrogen-bond donors (Lipinski definition) is 0. The molecule has 120 valence electrons. The number of rotatable bonds is 5. The lowest BCUT2D eigenvalue weighted by Crippen LogP contribution is -2.01. The van der Waals surface area contributed by atoms with Crippen molar-refractivity contribution in [3.63, 3.8) is 0 Å². The van der Waals surface area contributed by atoms with E-state index in [1.54, 1.807) is 30.0 Å². The second-order valence-electron chi connectivity index (χ2n) is 5.26. The van der Waals surface area contributed by atoms with Crippen molar-refractivity contribution in [2.75, 3.05) is 0 Å². The van der Waals surface area contributed by atoms with Crippen LogP contribution in [0.2, 0.25) is 10.0 Å². The zero-order chi connectivity index (χ0) is 16.9. The molecule has 0 atom stereocenters. The minimum Gasteiger partial charge on any atom is -0.289 e. The van der Waals surface area contributed by atoms with Crippen LogP contribution in [0.25, 0.3) is 0 Å². The number of halogens is 2. The second kappa shape index (κ2) is 7.89. The van der Waals surface area contributed by atoms with Crippen LogP contribution in [0, 0.1) is 0 Å². The topological polar surface area (TPSA) is 17.1 Å². The summed E-state index contributed by atoms with van der Waals surface area (Å²) in [5, 5.41) is 0.832. The molecule has 3 aromatic carbocycles. The summed E-state index contributed by atoms with van der Waals surface area (Å²) in [5.74, 6) is 0.842. The molecule has 0 aliphatic heterocycles. The van der Waals surface area contributed by atoms with Gasteiger partial charge in [-0.15, -0.1) is 11.8 Å². The first-order chi connectivity index (χ1) is 11.6. The predicted molar refractivity (Wildman–Crippen MR) is 102 cm³/mol. The first-order valence-electron chi connectivity index (χ1n) is 7.40. The molecule has 1 nitrogen and oxygen atoms in total. The van der Waals surface area contributed by atoms with E-state index in [4.69, 9.17) is 23.2 Å². The summed E-state index contributed by atoms with van der Waals surface area (Å²) in [6, 6.07) is 22.9. The molecule has 0 unspecified atom stereocenters. The van der Waals surface area contributed by atoms with Gasteiger partial charge in [0.15, 0.2) is 5.78 Å². The monoisotopic (exact) mass is 372 g/mol. The summed E-state index contributed by atoms with van der Waals surface area (Å²) in [7, 11) is 0. The Balaban J connectivity index is 1.69. The molecular formula is C20H14Cl2OS. The first-order valence-corrected chi connectivity index (χ1v) is 9.14. The van der Waals surface area contributed by atoms with Crippen LogP contribution in [-0.4, -0.2) is 5.78 Å². The van der Waals surface area contributed by atoms with Crippen LogP contribution in [0.15, 0.2) is 77.7 Å². The quantitative estimate of drug-likeness (QED) is 0.374. The van der Waals surface area contributed by atoms with E-state index >= 15 is 0 Å². The highest BCUT2D eigenvalue weighted by Crippen LogP contribution is 2.26. The van der Waals surface area contributed by atoms with Crippen molar-refractivity contribution in [2.45, 2.75) is 10.6 Å². The van der Waals surface area contributed by atoms with Crippen LogP contribution in [0.5, 0.6) is 0 Å². The van der Waals surface area contributed by atoms with Crippen molar-refractivity contribution >= 4 is 40.7 Å². The van der Waals surface area contributed by atoms with E-state index in [0.29, 0.717) is 21.2 Å². The molecule has 0 radical (unpaired) electrons. The van der Waals surface area contributed by atoms with E-state index in [1.165, 1.54) is 5.56 Å². The Hall–Kier alpha value is -1.74. The van der Waals surface area contributed by atoms with Gasteiger partial charge in [-0.3, -0.25) is 4.79 Å². The first kappa shape index (κ1) is 17.1. The SMILES string of the molecule is O=C(c1ccc(SCc2ccccc2)cc1)c1ccc(Cl)c(Cl)c1. The average Bonchev–Trinajstić information content (AvgIpc) is 2.63. The zero-order valence-corrected chi connectivity index (χ0v) is 15.0. The summed E-state index contributed by atoms with van der Waals surface area (Å²) in [5.41, 5.74) is 2.45. The molecule has 0 fully saturated rings. The second-order valence-corrected chi connectivity index (χ2v) is 7.12. The van der Waals surface area contributed by atoms with Gasteiger partial charge in [0.1, 0.15) is 0 Å². The molecule has 0 spiro atoms. The van der Waals surface area contributed by atoms with Gasteiger partial charge >= 0.3 is 0 Å². The van der Waals surface area contributed by atoms with E-state index in [1.807, 2.05) is 42.5 Å². The smallest absolute Gasteiger partial charge is 0.193 e. The summed E-state index contributed by atoms with van der Waals surface area (Å²) in [4.78, 5) is 13.6. The molecule has 0 aliphatic carbocycles. The Morgan fingerprint density at radius 1 is 0.792 bits per heavy atom. The van der Waals surface area contributed by atoms with Crippen molar-refractivity contribution in [1.29, 1.82) is 0 Å². The third-order valence-corrected chi connectivity index (χ3v) is 5.37. The molecule has 0 amide bonds. The van der Waals surface area contributed by atoms with Crippen LogP contribution < -0.4 is 0 Å². The van der Waals surface area contributed by atoms with Gasteiger partial charge in [-0.2, -0.15) is 0 Å². The molecule has 0 aromatic heterocycles. The number of carbonyl (C=O) groups is 1. The van der Waals surface area contributed by atoms with Crippen molar-refractivity contribution in [2.24, 2.45) is 0 Å². The molecular weight excluding hydrogens is 359 g/mol. The van der Waals surface area contributed by atoms with Gasteiger partial charge in [-0.05, 0) is 48.0 Å². The Morgan fingerprint density at radius 2 is 1.46 bits per heavy atom. The van der Waals surface area contributed by atoms with Crippen LogP contribution in [0.4, 0.5) is 0 Å². The fraction of sp³-hybridized carbons (Fsp3) is 0.0500. The Bertz CT molecular complexity index is 845. The number of thioether (sulfide) groups is 1. The average molecular weight is 373 g/mol.